The first-order valence-corrected chi connectivity index (χ1v) is 10.4. The van der Waals surface area contributed by atoms with Crippen molar-refractivity contribution in [2.45, 2.75) is 56.5 Å². The second kappa shape index (κ2) is 8.59. The van der Waals surface area contributed by atoms with Crippen molar-refractivity contribution in [3.63, 3.8) is 0 Å². The van der Waals surface area contributed by atoms with Crippen LogP contribution in [0.1, 0.15) is 32.1 Å². The van der Waals surface area contributed by atoms with Gasteiger partial charge in [0.05, 0.1) is 12.2 Å². The van der Waals surface area contributed by atoms with Crippen molar-refractivity contribution >= 4 is 11.6 Å². The first-order valence-electron chi connectivity index (χ1n) is 10.4. The lowest BCUT2D eigenvalue weighted by Crippen LogP contribution is -2.50. The number of hydrogen-bond donors (Lipinski definition) is 2. The first-order chi connectivity index (χ1) is 13.2. The lowest BCUT2D eigenvalue weighted by atomic mass is 9.98. The fourth-order valence-corrected chi connectivity index (χ4v) is 4.03. The van der Waals surface area contributed by atoms with E-state index in [9.17, 15) is 9.90 Å². The van der Waals surface area contributed by atoms with E-state index in [2.05, 4.69) is 45.4 Å². The summed E-state index contributed by atoms with van der Waals surface area (Å²) in [7, 11) is 0. The van der Waals surface area contributed by atoms with E-state index >= 15 is 0 Å². The van der Waals surface area contributed by atoms with Crippen LogP contribution in [0, 0.1) is 0 Å². The summed E-state index contributed by atoms with van der Waals surface area (Å²) >= 11 is 0. The van der Waals surface area contributed by atoms with Crippen LogP contribution in [-0.2, 0) is 9.53 Å². The lowest BCUT2D eigenvalue weighted by Gasteiger charge is -2.38. The molecule has 2 N–H and O–H groups in total. The fourth-order valence-electron chi connectivity index (χ4n) is 4.03. The Kier molecular flexibility index (Phi) is 5.95. The molecule has 6 nitrogen and oxygen atoms in total. The average molecular weight is 373 g/mol. The quantitative estimate of drug-likeness (QED) is 0.789. The number of ether oxygens (including phenoxy) is 1. The second-order valence-electron chi connectivity index (χ2n) is 8.06. The normalized spacial score (nSPS) is 29.5. The number of para-hydroxylation sites is 1. The van der Waals surface area contributed by atoms with Crippen LogP contribution in [0.5, 0.6) is 0 Å². The van der Waals surface area contributed by atoms with Gasteiger partial charge < -0.3 is 20.1 Å². The van der Waals surface area contributed by atoms with Crippen molar-refractivity contribution in [1.29, 1.82) is 0 Å². The molecule has 3 fully saturated rings. The highest BCUT2D eigenvalue weighted by molar-refractivity contribution is 5.82. The zero-order valence-electron chi connectivity index (χ0n) is 15.9. The summed E-state index contributed by atoms with van der Waals surface area (Å²) in [5, 5.41) is 13.1. The number of aliphatic hydroxyl groups excluding tert-OH is 1. The van der Waals surface area contributed by atoms with E-state index in [1.807, 2.05) is 0 Å². The van der Waals surface area contributed by atoms with Crippen molar-refractivity contribution in [1.82, 2.24) is 10.2 Å². The Morgan fingerprint density at radius 2 is 1.81 bits per heavy atom. The van der Waals surface area contributed by atoms with Crippen LogP contribution in [-0.4, -0.2) is 73.0 Å². The van der Waals surface area contributed by atoms with Gasteiger partial charge in [-0.15, -0.1) is 0 Å². The van der Waals surface area contributed by atoms with Gasteiger partial charge in [0.2, 0.25) is 0 Å². The number of hydrogen-bond acceptors (Lipinski definition) is 5. The van der Waals surface area contributed by atoms with Crippen molar-refractivity contribution in [3.05, 3.63) is 30.3 Å². The highest BCUT2D eigenvalue weighted by Crippen LogP contribution is 2.25. The number of aliphatic hydroxyl groups is 1. The number of nitrogens with zero attached hydrogens (tertiary/aromatic N) is 2. The van der Waals surface area contributed by atoms with Crippen molar-refractivity contribution in [3.8, 4) is 0 Å². The van der Waals surface area contributed by atoms with Gasteiger partial charge in [0.15, 0.2) is 6.10 Å². The molecular weight excluding hydrogens is 342 g/mol. The van der Waals surface area contributed by atoms with Crippen molar-refractivity contribution < 1.29 is 14.6 Å². The van der Waals surface area contributed by atoms with E-state index in [4.69, 9.17) is 4.74 Å². The first kappa shape index (κ1) is 18.7. The molecule has 148 valence electrons. The molecule has 1 aromatic carbocycles. The average Bonchev–Trinajstić information content (AvgIpc) is 3.52. The maximum absolute atomic E-state index is 12.3. The van der Waals surface area contributed by atoms with E-state index in [1.165, 1.54) is 5.69 Å². The number of nitrogens with one attached hydrogen (secondary N) is 1. The minimum Gasteiger partial charge on any atom is -0.390 e. The Hall–Kier alpha value is -1.63. The minimum absolute atomic E-state index is 0.0653. The van der Waals surface area contributed by atoms with Gasteiger partial charge in [0.25, 0.3) is 5.91 Å². The number of rotatable bonds is 6. The van der Waals surface area contributed by atoms with E-state index < -0.39 is 12.2 Å². The Labute approximate surface area is 161 Å². The van der Waals surface area contributed by atoms with E-state index in [0.717, 1.165) is 58.4 Å². The number of piperazine rings is 1. The summed E-state index contributed by atoms with van der Waals surface area (Å²) in [6.45, 7) is 5.17. The zero-order valence-corrected chi connectivity index (χ0v) is 15.9. The summed E-state index contributed by atoms with van der Waals surface area (Å²) in [5.41, 5.74) is 1.30. The highest BCUT2D eigenvalue weighted by atomic mass is 16.5. The van der Waals surface area contributed by atoms with Gasteiger partial charge in [-0.3, -0.25) is 9.69 Å². The molecule has 2 saturated heterocycles. The third-order valence-electron chi connectivity index (χ3n) is 5.92. The summed E-state index contributed by atoms with van der Waals surface area (Å²) in [6, 6.07) is 10.9. The van der Waals surface area contributed by atoms with Crippen LogP contribution >= 0.6 is 0 Å². The highest BCUT2D eigenvalue weighted by Gasteiger charge is 2.37. The van der Waals surface area contributed by atoms with Gasteiger partial charge in [0.1, 0.15) is 0 Å². The second-order valence-corrected chi connectivity index (χ2v) is 8.06. The summed E-state index contributed by atoms with van der Waals surface area (Å²) in [5.74, 6) is -0.133. The number of carbonyl (C=O) groups is 1. The van der Waals surface area contributed by atoms with Crippen LogP contribution < -0.4 is 10.2 Å². The molecule has 0 unspecified atom stereocenters. The van der Waals surface area contributed by atoms with E-state index in [1.54, 1.807) is 0 Å². The van der Waals surface area contributed by atoms with Crippen molar-refractivity contribution in [2.75, 3.05) is 37.6 Å². The predicted molar refractivity (Wildman–Crippen MR) is 105 cm³/mol. The molecule has 2 heterocycles. The maximum atomic E-state index is 12.3. The van der Waals surface area contributed by atoms with Gasteiger partial charge in [-0.05, 0) is 44.2 Å². The molecule has 0 bridgehead atoms. The fraction of sp³-hybridized carbons (Fsp3) is 0.667. The molecule has 1 amide bonds. The Morgan fingerprint density at radius 1 is 1.07 bits per heavy atom. The number of benzene rings is 1. The summed E-state index contributed by atoms with van der Waals surface area (Å²) in [4.78, 5) is 17.2. The van der Waals surface area contributed by atoms with Gasteiger partial charge in [0, 0.05) is 44.5 Å². The summed E-state index contributed by atoms with van der Waals surface area (Å²) in [6.07, 6.45) is 3.20. The third-order valence-corrected chi connectivity index (χ3v) is 5.92. The van der Waals surface area contributed by atoms with Gasteiger partial charge in [-0.2, -0.15) is 0 Å². The smallest absolute Gasteiger partial charge is 0.252 e. The van der Waals surface area contributed by atoms with Gasteiger partial charge >= 0.3 is 0 Å². The molecule has 4 rings (SSSR count). The standard InChI is InChI=1S/C21H31N3O3/c25-19-9-8-18(27-20(19)21(26)22-16-6-7-16)10-11-23-12-14-24(15-13-23)17-4-2-1-3-5-17/h1-5,16,18-20,25H,6-15H2,(H,22,26)/t18-,19+,20+/m1/s1. The van der Waals surface area contributed by atoms with Crippen LogP contribution in [0.25, 0.3) is 0 Å². The van der Waals surface area contributed by atoms with Crippen LogP contribution in [0.3, 0.4) is 0 Å². The molecule has 1 saturated carbocycles. The predicted octanol–water partition coefficient (Wildman–Crippen LogP) is 1.39. The molecule has 1 aliphatic carbocycles. The van der Waals surface area contributed by atoms with Crippen LogP contribution in [0.4, 0.5) is 5.69 Å². The number of carbonyl (C=O) groups excluding carboxylic acids is 1. The summed E-state index contributed by atoms with van der Waals surface area (Å²) < 4.78 is 5.97. The van der Waals surface area contributed by atoms with E-state index in [0.29, 0.717) is 12.5 Å². The minimum atomic E-state index is -0.695. The van der Waals surface area contributed by atoms with Gasteiger partial charge in [-0.1, -0.05) is 18.2 Å². The molecular formula is C21H31N3O3. The Balaban J connectivity index is 1.20. The SMILES string of the molecule is O=C(NC1CC1)[C@H]1O[C@@H](CCN2CCN(c3ccccc3)CC2)CC[C@@H]1O. The molecule has 6 heteroatoms. The van der Waals surface area contributed by atoms with Crippen LogP contribution in [0.15, 0.2) is 30.3 Å². The molecule has 0 aromatic heterocycles. The molecule has 0 radical (unpaired) electrons. The lowest BCUT2D eigenvalue weighted by molar-refractivity contribution is -0.158. The zero-order chi connectivity index (χ0) is 18.6. The topological polar surface area (TPSA) is 65.0 Å². The monoisotopic (exact) mass is 373 g/mol. The van der Waals surface area contributed by atoms with Gasteiger partial charge in [-0.25, -0.2) is 0 Å². The van der Waals surface area contributed by atoms with Crippen LogP contribution in [0.2, 0.25) is 0 Å². The third kappa shape index (κ3) is 5.00. The van der Waals surface area contributed by atoms with E-state index in [-0.39, 0.29) is 12.0 Å². The largest absolute Gasteiger partial charge is 0.390 e. The number of anilines is 1. The maximum Gasteiger partial charge on any atom is 0.252 e. The molecule has 1 aromatic rings. The molecule has 27 heavy (non-hydrogen) atoms. The van der Waals surface area contributed by atoms with Crippen molar-refractivity contribution in [2.24, 2.45) is 0 Å². The molecule has 2 aliphatic heterocycles. The Bertz CT molecular complexity index is 614. The molecule has 3 atom stereocenters. The molecule has 3 aliphatic rings. The molecule has 0 spiro atoms. The number of amides is 1. The Morgan fingerprint density at radius 3 is 2.52 bits per heavy atom.